The Balaban J connectivity index is 1.63. The molecule has 6 nitrogen and oxygen atoms in total. The molecule has 1 N–H and O–H groups in total. The average molecular weight is 323 g/mol. The Morgan fingerprint density at radius 3 is 2.21 bits per heavy atom. The van der Waals surface area contributed by atoms with Gasteiger partial charge in [0.1, 0.15) is 5.82 Å². The average Bonchev–Trinajstić information content (AvgIpc) is 2.61. The van der Waals surface area contributed by atoms with Gasteiger partial charge in [0.25, 0.3) is 5.91 Å². The molecule has 0 aliphatic rings. The number of benzene rings is 2. The van der Waals surface area contributed by atoms with Crippen LogP contribution in [-0.4, -0.2) is 26.3 Å². The van der Waals surface area contributed by atoms with Crippen LogP contribution in [0.3, 0.4) is 0 Å². The van der Waals surface area contributed by atoms with Crippen LogP contribution in [-0.2, 0) is 6.54 Å². The quantitative estimate of drug-likeness (QED) is 0.797. The highest BCUT2D eigenvalue weighted by Crippen LogP contribution is 2.14. The van der Waals surface area contributed by atoms with E-state index in [2.05, 4.69) is 25.7 Å². The van der Waals surface area contributed by atoms with Gasteiger partial charge in [0.05, 0.1) is 0 Å². The van der Waals surface area contributed by atoms with Crippen LogP contribution in [0.4, 0.5) is 4.39 Å². The molecule has 3 rings (SSSR count). The number of carbonyl (C=O) groups excluding carboxylic acids is 1. The first-order valence-corrected chi connectivity index (χ1v) is 7.29. The van der Waals surface area contributed by atoms with Crippen LogP contribution in [0, 0.1) is 12.7 Å². The minimum absolute atomic E-state index is 0.255. The van der Waals surface area contributed by atoms with Crippen molar-refractivity contribution in [3.05, 3.63) is 71.3 Å². The molecular formula is C17H14FN5O. The van der Waals surface area contributed by atoms with Gasteiger partial charge in [-0.05, 0) is 36.8 Å². The van der Waals surface area contributed by atoms with Crippen molar-refractivity contribution in [1.82, 2.24) is 25.7 Å². The van der Waals surface area contributed by atoms with Gasteiger partial charge in [0, 0.05) is 17.7 Å². The molecule has 0 radical (unpaired) electrons. The van der Waals surface area contributed by atoms with Gasteiger partial charge in [-0.1, -0.05) is 24.3 Å². The van der Waals surface area contributed by atoms with Crippen LogP contribution in [0.2, 0.25) is 0 Å². The summed E-state index contributed by atoms with van der Waals surface area (Å²) in [4.78, 5) is 12.0. The fraction of sp³-hybridized carbons (Fsp3) is 0.118. The number of nitrogens with one attached hydrogen (secondary N) is 1. The Morgan fingerprint density at radius 1 is 0.958 bits per heavy atom. The number of amides is 1. The lowest BCUT2D eigenvalue weighted by atomic mass is 10.1. The molecule has 0 saturated carbocycles. The van der Waals surface area contributed by atoms with Gasteiger partial charge in [-0.2, -0.15) is 0 Å². The van der Waals surface area contributed by atoms with E-state index in [0.29, 0.717) is 23.8 Å². The summed E-state index contributed by atoms with van der Waals surface area (Å²) in [6.45, 7) is 2.08. The van der Waals surface area contributed by atoms with Crippen molar-refractivity contribution in [1.29, 1.82) is 0 Å². The third kappa shape index (κ3) is 3.75. The standard InChI is InChI=1S/C17H14FN5O/c1-11-20-22-16(23-21-11)13-4-2-12(3-5-13)10-19-17(24)14-6-8-15(18)9-7-14/h2-9H,10H2,1H3,(H,19,24). The second-order valence-electron chi connectivity index (χ2n) is 5.16. The van der Waals surface area contributed by atoms with Crippen molar-refractivity contribution in [2.24, 2.45) is 0 Å². The Kier molecular flexibility index (Phi) is 4.51. The van der Waals surface area contributed by atoms with Crippen molar-refractivity contribution in [2.45, 2.75) is 13.5 Å². The molecule has 7 heteroatoms. The molecule has 1 amide bonds. The van der Waals surface area contributed by atoms with Gasteiger partial charge < -0.3 is 5.32 Å². The number of carbonyl (C=O) groups is 1. The minimum Gasteiger partial charge on any atom is -0.348 e. The summed E-state index contributed by atoms with van der Waals surface area (Å²) >= 11 is 0. The Labute approximate surface area is 137 Å². The number of aryl methyl sites for hydroxylation is 1. The molecule has 1 heterocycles. The zero-order valence-electron chi connectivity index (χ0n) is 12.9. The Morgan fingerprint density at radius 2 is 1.58 bits per heavy atom. The van der Waals surface area contributed by atoms with Crippen LogP contribution in [0.25, 0.3) is 11.4 Å². The lowest BCUT2D eigenvalue weighted by Gasteiger charge is -2.06. The zero-order chi connectivity index (χ0) is 16.9. The van der Waals surface area contributed by atoms with Crippen molar-refractivity contribution >= 4 is 5.91 Å². The van der Waals surface area contributed by atoms with Gasteiger partial charge in [-0.25, -0.2) is 4.39 Å². The van der Waals surface area contributed by atoms with Crippen molar-refractivity contribution in [2.75, 3.05) is 0 Å². The summed E-state index contributed by atoms with van der Waals surface area (Å²) in [6, 6.07) is 12.8. The smallest absolute Gasteiger partial charge is 0.251 e. The van der Waals surface area contributed by atoms with E-state index in [4.69, 9.17) is 0 Å². The molecule has 2 aromatic carbocycles. The van der Waals surface area contributed by atoms with Crippen molar-refractivity contribution < 1.29 is 9.18 Å². The number of halogens is 1. The van der Waals surface area contributed by atoms with Crippen LogP contribution < -0.4 is 5.32 Å². The second kappa shape index (κ2) is 6.91. The zero-order valence-corrected chi connectivity index (χ0v) is 12.9. The first-order valence-electron chi connectivity index (χ1n) is 7.29. The molecular weight excluding hydrogens is 309 g/mol. The summed E-state index contributed by atoms with van der Waals surface area (Å²) in [5.41, 5.74) is 2.13. The number of aromatic nitrogens is 4. The van der Waals surface area contributed by atoms with Crippen molar-refractivity contribution in [3.8, 4) is 11.4 Å². The lowest BCUT2D eigenvalue weighted by Crippen LogP contribution is -2.22. The monoisotopic (exact) mass is 323 g/mol. The fourth-order valence-electron chi connectivity index (χ4n) is 2.05. The largest absolute Gasteiger partial charge is 0.348 e. The molecule has 1 aromatic heterocycles. The molecule has 0 unspecified atom stereocenters. The number of hydrogen-bond donors (Lipinski definition) is 1. The van der Waals surface area contributed by atoms with Gasteiger partial charge >= 0.3 is 0 Å². The first-order chi connectivity index (χ1) is 11.6. The molecule has 0 fully saturated rings. The van der Waals surface area contributed by atoms with E-state index < -0.39 is 0 Å². The minimum atomic E-state index is -0.371. The van der Waals surface area contributed by atoms with Crippen LogP contribution in [0.5, 0.6) is 0 Å². The summed E-state index contributed by atoms with van der Waals surface area (Å²) < 4.78 is 12.8. The molecule has 0 saturated heterocycles. The molecule has 0 aliphatic heterocycles. The van der Waals surface area contributed by atoms with Crippen LogP contribution in [0.1, 0.15) is 21.7 Å². The number of hydrogen-bond acceptors (Lipinski definition) is 5. The summed E-state index contributed by atoms with van der Waals surface area (Å²) in [6.07, 6.45) is 0. The van der Waals surface area contributed by atoms with E-state index >= 15 is 0 Å². The first kappa shape index (κ1) is 15.7. The maximum Gasteiger partial charge on any atom is 0.251 e. The summed E-state index contributed by atoms with van der Waals surface area (Å²) in [5, 5.41) is 18.5. The molecule has 0 bridgehead atoms. The van der Waals surface area contributed by atoms with E-state index in [1.807, 2.05) is 24.3 Å². The Hall–Kier alpha value is -3.22. The predicted molar refractivity (Wildman–Crippen MR) is 85.4 cm³/mol. The summed E-state index contributed by atoms with van der Waals surface area (Å²) in [5.74, 6) is 0.333. The van der Waals surface area contributed by atoms with Crippen LogP contribution >= 0.6 is 0 Å². The fourth-order valence-corrected chi connectivity index (χ4v) is 2.05. The van der Waals surface area contributed by atoms with E-state index in [9.17, 15) is 9.18 Å². The predicted octanol–water partition coefficient (Wildman–Crippen LogP) is 2.31. The van der Waals surface area contributed by atoms with Gasteiger partial charge in [-0.3, -0.25) is 4.79 Å². The topological polar surface area (TPSA) is 80.7 Å². The molecule has 0 atom stereocenters. The maximum absolute atomic E-state index is 12.8. The normalized spacial score (nSPS) is 10.4. The SMILES string of the molecule is Cc1nnc(-c2ccc(CNC(=O)c3ccc(F)cc3)cc2)nn1. The molecule has 0 aliphatic carbocycles. The molecule has 24 heavy (non-hydrogen) atoms. The van der Waals surface area contributed by atoms with Gasteiger partial charge in [-0.15, -0.1) is 20.4 Å². The van der Waals surface area contributed by atoms with Crippen molar-refractivity contribution in [3.63, 3.8) is 0 Å². The van der Waals surface area contributed by atoms with E-state index in [0.717, 1.165) is 11.1 Å². The number of rotatable bonds is 4. The van der Waals surface area contributed by atoms with E-state index in [1.54, 1.807) is 6.92 Å². The van der Waals surface area contributed by atoms with Gasteiger partial charge in [0.2, 0.25) is 5.82 Å². The summed E-state index contributed by atoms with van der Waals surface area (Å²) in [7, 11) is 0. The molecule has 0 spiro atoms. The van der Waals surface area contributed by atoms with E-state index in [-0.39, 0.29) is 11.7 Å². The van der Waals surface area contributed by atoms with Gasteiger partial charge in [0.15, 0.2) is 5.82 Å². The third-order valence-corrected chi connectivity index (χ3v) is 3.35. The number of nitrogens with zero attached hydrogens (tertiary/aromatic N) is 4. The highest BCUT2D eigenvalue weighted by Gasteiger charge is 2.06. The molecule has 3 aromatic rings. The molecule has 120 valence electrons. The lowest BCUT2D eigenvalue weighted by molar-refractivity contribution is 0.0951. The highest BCUT2D eigenvalue weighted by atomic mass is 19.1. The third-order valence-electron chi connectivity index (χ3n) is 3.35. The maximum atomic E-state index is 12.8. The second-order valence-corrected chi connectivity index (χ2v) is 5.16. The highest BCUT2D eigenvalue weighted by molar-refractivity contribution is 5.94. The van der Waals surface area contributed by atoms with E-state index in [1.165, 1.54) is 24.3 Å². The van der Waals surface area contributed by atoms with Crippen LogP contribution in [0.15, 0.2) is 48.5 Å². The Bertz CT molecular complexity index is 832.